The molecule has 0 aromatic heterocycles. The van der Waals surface area contributed by atoms with Crippen molar-refractivity contribution in [1.29, 1.82) is 0 Å². The van der Waals surface area contributed by atoms with Crippen molar-refractivity contribution in [2.45, 2.75) is 13.0 Å². The van der Waals surface area contributed by atoms with Crippen molar-refractivity contribution in [3.05, 3.63) is 39.4 Å². The number of nitro groups is 1. The molecule has 2 rings (SSSR count). The maximum absolute atomic E-state index is 14.0. The van der Waals surface area contributed by atoms with Gasteiger partial charge in [0.25, 0.3) is 5.91 Å². The summed E-state index contributed by atoms with van der Waals surface area (Å²) in [5.74, 6) is -3.03. The fraction of sp³-hybridized carbons (Fsp3) is 0.462. The third-order valence-corrected chi connectivity index (χ3v) is 3.69. The predicted octanol–water partition coefficient (Wildman–Crippen LogP) is 1.65. The first-order valence-corrected chi connectivity index (χ1v) is 6.44. The summed E-state index contributed by atoms with van der Waals surface area (Å²) in [5, 5.41) is 10.7. The third-order valence-electron chi connectivity index (χ3n) is 3.69. The fourth-order valence-corrected chi connectivity index (χ4v) is 2.27. The van der Waals surface area contributed by atoms with Crippen LogP contribution in [0.4, 0.5) is 14.5 Å². The Morgan fingerprint density at radius 1 is 1.38 bits per heavy atom. The maximum atomic E-state index is 14.0. The molecule has 0 spiro atoms. The van der Waals surface area contributed by atoms with Crippen LogP contribution in [-0.2, 0) is 0 Å². The van der Waals surface area contributed by atoms with Crippen molar-refractivity contribution in [1.82, 2.24) is 9.80 Å². The Hall–Kier alpha value is -2.09. The van der Waals surface area contributed by atoms with E-state index >= 15 is 0 Å². The molecule has 21 heavy (non-hydrogen) atoms. The van der Waals surface area contributed by atoms with Gasteiger partial charge in [0, 0.05) is 25.7 Å². The molecule has 1 aromatic carbocycles. The summed E-state index contributed by atoms with van der Waals surface area (Å²) in [6.45, 7) is 3.23. The lowest BCUT2D eigenvalue weighted by Crippen LogP contribution is -2.52. The van der Waals surface area contributed by atoms with Crippen LogP contribution in [0.3, 0.4) is 0 Å². The smallest absolute Gasteiger partial charge is 0.308 e. The number of halogens is 2. The van der Waals surface area contributed by atoms with Gasteiger partial charge >= 0.3 is 5.69 Å². The number of amides is 1. The lowest BCUT2D eigenvalue weighted by molar-refractivity contribution is -0.387. The molecule has 1 unspecified atom stereocenters. The van der Waals surface area contributed by atoms with E-state index in [1.807, 2.05) is 18.9 Å². The van der Waals surface area contributed by atoms with Crippen LogP contribution in [-0.4, -0.2) is 53.4 Å². The summed E-state index contributed by atoms with van der Waals surface area (Å²) in [7, 11) is 1.90. The van der Waals surface area contributed by atoms with E-state index in [-0.39, 0.29) is 6.04 Å². The van der Waals surface area contributed by atoms with Gasteiger partial charge in [-0.2, -0.15) is 4.39 Å². The Morgan fingerprint density at radius 2 is 2.05 bits per heavy atom. The standard InChI is InChI=1S/C13H15F2N3O3/c1-8-7-17(4-3-16(8)2)13(19)10-5-9(14)6-11(12(10)15)18(20)21/h5-6,8H,3-4,7H2,1-2H3. The van der Waals surface area contributed by atoms with Gasteiger partial charge < -0.3 is 9.80 Å². The molecule has 0 bridgehead atoms. The zero-order valence-corrected chi connectivity index (χ0v) is 11.7. The average Bonchev–Trinajstić information content (AvgIpc) is 2.43. The molecule has 0 radical (unpaired) electrons. The topological polar surface area (TPSA) is 66.7 Å². The average molecular weight is 299 g/mol. The number of likely N-dealkylation sites (N-methyl/N-ethyl adjacent to an activating group) is 1. The molecule has 6 nitrogen and oxygen atoms in total. The van der Waals surface area contributed by atoms with E-state index in [2.05, 4.69) is 0 Å². The van der Waals surface area contributed by atoms with Crippen molar-refractivity contribution in [3.8, 4) is 0 Å². The van der Waals surface area contributed by atoms with Crippen molar-refractivity contribution in [3.63, 3.8) is 0 Å². The number of carbonyl (C=O) groups excluding carboxylic acids is 1. The minimum Gasteiger partial charge on any atom is -0.336 e. The Kier molecular flexibility index (Phi) is 4.17. The van der Waals surface area contributed by atoms with Gasteiger partial charge in [0.05, 0.1) is 16.6 Å². The van der Waals surface area contributed by atoms with E-state index in [0.29, 0.717) is 31.8 Å². The zero-order chi connectivity index (χ0) is 15.7. The number of piperazine rings is 1. The van der Waals surface area contributed by atoms with Crippen molar-refractivity contribution < 1.29 is 18.5 Å². The second-order valence-electron chi connectivity index (χ2n) is 5.12. The molecular formula is C13H15F2N3O3. The Labute approximate surface area is 120 Å². The van der Waals surface area contributed by atoms with Gasteiger partial charge in [-0.3, -0.25) is 14.9 Å². The summed E-state index contributed by atoms with van der Waals surface area (Å²) in [6, 6.07) is 1.25. The van der Waals surface area contributed by atoms with Gasteiger partial charge in [-0.25, -0.2) is 4.39 Å². The minimum absolute atomic E-state index is 0.0781. The maximum Gasteiger partial charge on any atom is 0.308 e. The van der Waals surface area contributed by atoms with E-state index in [9.17, 15) is 23.7 Å². The number of benzene rings is 1. The van der Waals surface area contributed by atoms with Crippen molar-refractivity contribution >= 4 is 11.6 Å². The summed E-state index contributed by atoms with van der Waals surface area (Å²) < 4.78 is 27.4. The summed E-state index contributed by atoms with van der Waals surface area (Å²) in [5.41, 5.74) is -1.63. The molecule has 1 aliphatic heterocycles. The summed E-state index contributed by atoms with van der Waals surface area (Å²) in [6.07, 6.45) is 0. The number of nitro benzene ring substituents is 1. The fourth-order valence-electron chi connectivity index (χ4n) is 2.27. The number of nitrogens with zero attached hydrogens (tertiary/aromatic N) is 3. The molecule has 0 saturated carbocycles. The van der Waals surface area contributed by atoms with E-state index in [1.54, 1.807) is 0 Å². The molecule has 0 aliphatic carbocycles. The Balaban J connectivity index is 2.33. The van der Waals surface area contributed by atoms with Crippen LogP contribution < -0.4 is 0 Å². The minimum atomic E-state index is -1.29. The third kappa shape index (κ3) is 2.99. The molecule has 1 heterocycles. The monoisotopic (exact) mass is 299 g/mol. The van der Waals surface area contributed by atoms with Crippen molar-refractivity contribution in [2.24, 2.45) is 0 Å². The van der Waals surface area contributed by atoms with E-state index < -0.39 is 33.7 Å². The van der Waals surface area contributed by atoms with Crippen LogP contribution in [0.25, 0.3) is 0 Å². The van der Waals surface area contributed by atoms with Gasteiger partial charge in [-0.1, -0.05) is 0 Å². The Bertz CT molecular complexity index is 594. The van der Waals surface area contributed by atoms with Crippen LogP contribution in [0.1, 0.15) is 17.3 Å². The number of carbonyl (C=O) groups is 1. The Morgan fingerprint density at radius 3 is 2.62 bits per heavy atom. The van der Waals surface area contributed by atoms with Crippen LogP contribution in [0.15, 0.2) is 12.1 Å². The summed E-state index contributed by atoms with van der Waals surface area (Å²) in [4.78, 5) is 25.3. The van der Waals surface area contributed by atoms with E-state index in [1.165, 1.54) is 4.90 Å². The normalized spacial score (nSPS) is 19.6. The van der Waals surface area contributed by atoms with Crippen molar-refractivity contribution in [2.75, 3.05) is 26.7 Å². The molecule has 114 valence electrons. The lowest BCUT2D eigenvalue weighted by atomic mass is 10.1. The summed E-state index contributed by atoms with van der Waals surface area (Å²) >= 11 is 0. The highest BCUT2D eigenvalue weighted by atomic mass is 19.1. The molecule has 1 aromatic rings. The SMILES string of the molecule is CC1CN(C(=O)c2cc(F)cc([N+](=O)[O-])c2F)CCN1C. The number of hydrogen-bond acceptors (Lipinski definition) is 4. The first-order valence-electron chi connectivity index (χ1n) is 6.44. The van der Waals surface area contributed by atoms with Gasteiger partial charge in [0.15, 0.2) is 0 Å². The van der Waals surface area contributed by atoms with E-state index in [4.69, 9.17) is 0 Å². The quantitative estimate of drug-likeness (QED) is 0.615. The molecule has 1 amide bonds. The predicted molar refractivity (Wildman–Crippen MR) is 71.0 cm³/mol. The highest BCUT2D eigenvalue weighted by molar-refractivity contribution is 5.95. The van der Waals surface area contributed by atoms with Crippen LogP contribution in [0.5, 0.6) is 0 Å². The van der Waals surface area contributed by atoms with Crippen LogP contribution >= 0.6 is 0 Å². The second-order valence-corrected chi connectivity index (χ2v) is 5.12. The first-order chi connectivity index (χ1) is 9.81. The van der Waals surface area contributed by atoms with Crippen LogP contribution in [0, 0.1) is 21.7 Å². The molecular weight excluding hydrogens is 284 g/mol. The molecule has 1 aliphatic rings. The first kappa shape index (κ1) is 15.3. The van der Waals surface area contributed by atoms with Gasteiger partial charge in [-0.05, 0) is 20.0 Å². The molecule has 1 fully saturated rings. The van der Waals surface area contributed by atoms with Crippen LogP contribution in [0.2, 0.25) is 0 Å². The highest BCUT2D eigenvalue weighted by Gasteiger charge is 2.30. The molecule has 1 saturated heterocycles. The molecule has 8 heteroatoms. The number of hydrogen-bond donors (Lipinski definition) is 0. The molecule has 0 N–H and O–H groups in total. The van der Waals surface area contributed by atoms with Gasteiger partial charge in [-0.15, -0.1) is 0 Å². The number of rotatable bonds is 2. The van der Waals surface area contributed by atoms with E-state index in [0.717, 1.165) is 0 Å². The zero-order valence-electron chi connectivity index (χ0n) is 11.7. The second kappa shape index (κ2) is 5.72. The van der Waals surface area contributed by atoms with Gasteiger partial charge in [0.1, 0.15) is 5.82 Å². The lowest BCUT2D eigenvalue weighted by Gasteiger charge is -2.37. The highest BCUT2D eigenvalue weighted by Crippen LogP contribution is 2.24. The van der Waals surface area contributed by atoms with Gasteiger partial charge in [0.2, 0.25) is 5.82 Å². The largest absolute Gasteiger partial charge is 0.336 e. The molecule has 1 atom stereocenters.